The first-order valence-electron chi connectivity index (χ1n) is 9.68. The Morgan fingerprint density at radius 1 is 1.13 bits per heavy atom. The number of sulfonamides is 1. The molecule has 3 rings (SSSR count). The maximum Gasteiger partial charge on any atom is 0.248 e. The van der Waals surface area contributed by atoms with Crippen LogP contribution in [0.25, 0.3) is 6.08 Å². The zero-order chi connectivity index (χ0) is 22.6. The number of methoxy groups -OCH3 is 1. The number of carbonyl (C=O) groups excluding carboxylic acids is 1. The Bertz CT molecular complexity index is 1090. The van der Waals surface area contributed by atoms with Crippen LogP contribution >= 0.6 is 0 Å². The number of ether oxygens (including phenoxy) is 3. The van der Waals surface area contributed by atoms with Gasteiger partial charge in [0.15, 0.2) is 11.5 Å². The molecule has 2 N–H and O–H groups in total. The fourth-order valence-corrected chi connectivity index (χ4v) is 4.41. The number of carbonyl (C=O) groups is 1. The molecule has 0 saturated heterocycles. The molecular weight excluding hydrogens is 420 g/mol. The van der Waals surface area contributed by atoms with Gasteiger partial charge in [0.05, 0.1) is 12.0 Å². The van der Waals surface area contributed by atoms with Gasteiger partial charge in [-0.15, -0.1) is 0 Å². The van der Waals surface area contributed by atoms with Gasteiger partial charge in [-0.05, 0) is 62.7 Å². The summed E-state index contributed by atoms with van der Waals surface area (Å²) in [4.78, 5) is 12.4. The van der Waals surface area contributed by atoms with Gasteiger partial charge in [0, 0.05) is 17.3 Å². The van der Waals surface area contributed by atoms with E-state index in [1.807, 2.05) is 0 Å². The molecule has 0 unspecified atom stereocenters. The van der Waals surface area contributed by atoms with Gasteiger partial charge in [-0.25, -0.2) is 13.1 Å². The fourth-order valence-electron chi connectivity index (χ4n) is 2.95. The van der Waals surface area contributed by atoms with Gasteiger partial charge in [0.2, 0.25) is 21.7 Å². The molecule has 1 aliphatic heterocycles. The Morgan fingerprint density at radius 3 is 2.58 bits per heavy atom. The lowest BCUT2D eigenvalue weighted by Crippen LogP contribution is -2.40. The topological polar surface area (TPSA) is 103 Å². The Labute approximate surface area is 182 Å². The third-order valence-corrected chi connectivity index (χ3v) is 5.89. The minimum atomic E-state index is -3.71. The van der Waals surface area contributed by atoms with E-state index in [9.17, 15) is 13.2 Å². The molecule has 166 valence electrons. The molecule has 0 spiro atoms. The third-order valence-electron chi connectivity index (χ3n) is 4.13. The Kier molecular flexibility index (Phi) is 6.56. The summed E-state index contributed by atoms with van der Waals surface area (Å²) < 4.78 is 44.1. The van der Waals surface area contributed by atoms with Crippen molar-refractivity contribution < 1.29 is 27.4 Å². The van der Waals surface area contributed by atoms with Crippen molar-refractivity contribution in [2.24, 2.45) is 0 Å². The maximum atomic E-state index is 12.5. The number of hydrogen-bond acceptors (Lipinski definition) is 6. The molecule has 8 nitrogen and oxygen atoms in total. The van der Waals surface area contributed by atoms with E-state index in [-0.39, 0.29) is 4.90 Å². The molecule has 2 aromatic rings. The smallest absolute Gasteiger partial charge is 0.248 e. The molecule has 0 radical (unpaired) electrons. The van der Waals surface area contributed by atoms with E-state index < -0.39 is 21.5 Å². The lowest BCUT2D eigenvalue weighted by atomic mass is 10.1. The van der Waals surface area contributed by atoms with Crippen LogP contribution in [0.1, 0.15) is 26.3 Å². The predicted molar refractivity (Wildman–Crippen MR) is 118 cm³/mol. The SMILES string of the molecule is COc1cc(/C=C/C(=O)Nc2cccc(S(=O)(=O)NC(C)(C)C)c2)cc2c1OCCO2. The van der Waals surface area contributed by atoms with E-state index in [4.69, 9.17) is 14.2 Å². The summed E-state index contributed by atoms with van der Waals surface area (Å²) in [6.07, 6.45) is 2.96. The second-order valence-corrected chi connectivity index (χ2v) is 9.64. The van der Waals surface area contributed by atoms with Crippen LogP contribution in [0.3, 0.4) is 0 Å². The quantitative estimate of drug-likeness (QED) is 0.661. The number of benzene rings is 2. The minimum Gasteiger partial charge on any atom is -0.493 e. The van der Waals surface area contributed by atoms with Crippen LogP contribution in [0, 0.1) is 0 Å². The highest BCUT2D eigenvalue weighted by Gasteiger charge is 2.22. The summed E-state index contributed by atoms with van der Waals surface area (Å²) in [7, 11) is -2.18. The molecule has 0 saturated carbocycles. The van der Waals surface area contributed by atoms with E-state index in [2.05, 4.69) is 10.0 Å². The van der Waals surface area contributed by atoms with Crippen LogP contribution in [0.4, 0.5) is 5.69 Å². The molecule has 0 fully saturated rings. The van der Waals surface area contributed by atoms with Crippen LogP contribution in [-0.4, -0.2) is 40.2 Å². The zero-order valence-corrected chi connectivity index (χ0v) is 18.7. The highest BCUT2D eigenvalue weighted by atomic mass is 32.2. The first-order chi connectivity index (χ1) is 14.6. The average Bonchev–Trinajstić information content (AvgIpc) is 2.70. The van der Waals surface area contributed by atoms with Crippen LogP contribution in [0.2, 0.25) is 0 Å². The lowest BCUT2D eigenvalue weighted by molar-refractivity contribution is -0.111. The van der Waals surface area contributed by atoms with Crippen molar-refractivity contribution in [3.05, 3.63) is 48.0 Å². The number of anilines is 1. The first kappa shape index (κ1) is 22.6. The molecule has 0 aliphatic carbocycles. The van der Waals surface area contributed by atoms with Gasteiger partial charge >= 0.3 is 0 Å². The Morgan fingerprint density at radius 2 is 1.87 bits per heavy atom. The summed E-state index contributed by atoms with van der Waals surface area (Å²) in [5.74, 6) is 1.20. The van der Waals surface area contributed by atoms with E-state index in [1.165, 1.54) is 25.3 Å². The number of hydrogen-bond donors (Lipinski definition) is 2. The average molecular weight is 447 g/mol. The van der Waals surface area contributed by atoms with Crippen LogP contribution < -0.4 is 24.2 Å². The van der Waals surface area contributed by atoms with E-state index >= 15 is 0 Å². The van der Waals surface area contributed by atoms with Crippen molar-refractivity contribution in [1.82, 2.24) is 4.72 Å². The molecular formula is C22H26N2O6S. The number of fused-ring (bicyclic) bond motifs is 1. The van der Waals surface area contributed by atoms with Crippen molar-refractivity contribution in [2.45, 2.75) is 31.2 Å². The Hall–Kier alpha value is -3.04. The van der Waals surface area contributed by atoms with Crippen molar-refractivity contribution in [1.29, 1.82) is 0 Å². The summed E-state index contributed by atoms with van der Waals surface area (Å²) in [6, 6.07) is 9.57. The van der Waals surface area contributed by atoms with Gasteiger partial charge in [0.25, 0.3) is 0 Å². The molecule has 9 heteroatoms. The summed E-state index contributed by atoms with van der Waals surface area (Å²) >= 11 is 0. The molecule has 2 aromatic carbocycles. The van der Waals surface area contributed by atoms with Gasteiger partial charge in [-0.3, -0.25) is 4.79 Å². The molecule has 1 aliphatic rings. The number of nitrogens with one attached hydrogen (secondary N) is 2. The van der Waals surface area contributed by atoms with E-state index in [0.29, 0.717) is 41.7 Å². The van der Waals surface area contributed by atoms with Crippen LogP contribution in [0.15, 0.2) is 47.4 Å². The monoisotopic (exact) mass is 446 g/mol. The second kappa shape index (κ2) is 8.99. The maximum absolute atomic E-state index is 12.5. The van der Waals surface area contributed by atoms with E-state index in [1.54, 1.807) is 51.1 Å². The molecule has 0 bridgehead atoms. The van der Waals surface area contributed by atoms with Crippen molar-refractivity contribution >= 4 is 27.7 Å². The molecule has 0 atom stereocenters. The normalized spacial score (nSPS) is 13.8. The fraction of sp³-hybridized carbons (Fsp3) is 0.318. The molecule has 1 heterocycles. The lowest BCUT2D eigenvalue weighted by Gasteiger charge is -2.21. The summed E-state index contributed by atoms with van der Waals surface area (Å²) in [6.45, 7) is 6.16. The van der Waals surface area contributed by atoms with Crippen molar-refractivity contribution in [2.75, 3.05) is 25.6 Å². The van der Waals surface area contributed by atoms with Crippen molar-refractivity contribution in [3.63, 3.8) is 0 Å². The second-order valence-electron chi connectivity index (χ2n) is 7.95. The van der Waals surface area contributed by atoms with Gasteiger partial charge in [-0.1, -0.05) is 6.07 Å². The predicted octanol–water partition coefficient (Wildman–Crippen LogP) is 3.20. The van der Waals surface area contributed by atoms with Gasteiger partial charge in [-0.2, -0.15) is 0 Å². The highest BCUT2D eigenvalue weighted by molar-refractivity contribution is 7.89. The summed E-state index contributed by atoms with van der Waals surface area (Å²) in [5, 5.41) is 2.67. The molecule has 1 amide bonds. The Balaban J connectivity index is 1.74. The van der Waals surface area contributed by atoms with E-state index in [0.717, 1.165) is 0 Å². The van der Waals surface area contributed by atoms with Crippen LogP contribution in [-0.2, 0) is 14.8 Å². The highest BCUT2D eigenvalue weighted by Crippen LogP contribution is 2.40. The zero-order valence-electron chi connectivity index (χ0n) is 17.9. The van der Waals surface area contributed by atoms with Crippen molar-refractivity contribution in [3.8, 4) is 17.2 Å². The largest absolute Gasteiger partial charge is 0.493 e. The standard InChI is InChI=1S/C22H26N2O6S/c1-22(2,3)24-31(26,27)17-7-5-6-16(14-17)23-20(25)9-8-15-12-18(28-4)21-19(13-15)29-10-11-30-21/h5-9,12-14,24H,10-11H2,1-4H3,(H,23,25)/b9-8+. The number of amides is 1. The first-order valence-corrected chi connectivity index (χ1v) is 11.2. The van der Waals surface area contributed by atoms with Gasteiger partial charge in [0.1, 0.15) is 13.2 Å². The minimum absolute atomic E-state index is 0.0702. The summed E-state index contributed by atoms with van der Waals surface area (Å²) in [5.41, 5.74) is 0.444. The van der Waals surface area contributed by atoms with Gasteiger partial charge < -0.3 is 19.5 Å². The third kappa shape index (κ3) is 5.99. The number of rotatable bonds is 6. The molecule has 31 heavy (non-hydrogen) atoms. The molecule has 0 aromatic heterocycles. The van der Waals surface area contributed by atoms with Crippen LogP contribution in [0.5, 0.6) is 17.2 Å².